The Balaban J connectivity index is 0.00000243. The molecule has 140 valence electrons. The van der Waals surface area contributed by atoms with Crippen LogP contribution in [0.2, 0.25) is 0 Å². The van der Waals surface area contributed by atoms with Crippen molar-refractivity contribution in [1.82, 2.24) is 14.5 Å². The predicted molar refractivity (Wildman–Crippen MR) is 99.2 cm³/mol. The molecule has 1 aromatic carbocycles. The molecule has 0 radical (unpaired) electrons. The van der Waals surface area contributed by atoms with Crippen LogP contribution < -0.4 is 5.73 Å². The van der Waals surface area contributed by atoms with E-state index in [0.717, 1.165) is 5.56 Å². The molecule has 0 spiro atoms. The van der Waals surface area contributed by atoms with E-state index in [9.17, 15) is 14.9 Å². The van der Waals surface area contributed by atoms with Crippen molar-refractivity contribution in [1.29, 1.82) is 0 Å². The van der Waals surface area contributed by atoms with Crippen LogP contribution in [0.25, 0.3) is 0 Å². The van der Waals surface area contributed by atoms with Crippen LogP contribution in [0, 0.1) is 17.0 Å². The van der Waals surface area contributed by atoms with Gasteiger partial charge >= 0.3 is 5.82 Å². The highest BCUT2D eigenvalue weighted by Gasteiger charge is 2.33. The summed E-state index contributed by atoms with van der Waals surface area (Å²) in [6, 6.07) is 9.89. The number of benzene rings is 1. The van der Waals surface area contributed by atoms with E-state index in [0.29, 0.717) is 25.5 Å². The maximum absolute atomic E-state index is 12.5. The first kappa shape index (κ1) is 19.9. The highest BCUT2D eigenvalue weighted by atomic mass is 35.5. The maximum Gasteiger partial charge on any atom is 0.381 e. The molecule has 0 unspecified atom stereocenters. The fraction of sp³-hybridized carbons (Fsp3) is 0.412. The van der Waals surface area contributed by atoms with Gasteiger partial charge in [-0.05, 0) is 15.5 Å². The van der Waals surface area contributed by atoms with Gasteiger partial charge in [0.15, 0.2) is 0 Å². The van der Waals surface area contributed by atoms with E-state index >= 15 is 0 Å². The Labute approximate surface area is 157 Å². The smallest absolute Gasteiger partial charge is 0.358 e. The third-order valence-corrected chi connectivity index (χ3v) is 4.66. The highest BCUT2D eigenvalue weighted by Crippen LogP contribution is 2.26. The summed E-state index contributed by atoms with van der Waals surface area (Å²) < 4.78 is 1.64. The van der Waals surface area contributed by atoms with Crippen LogP contribution >= 0.6 is 12.4 Å². The van der Waals surface area contributed by atoms with Crippen LogP contribution in [0.1, 0.15) is 23.7 Å². The Morgan fingerprint density at radius 3 is 2.65 bits per heavy atom. The Kier molecular flexibility index (Phi) is 6.33. The van der Waals surface area contributed by atoms with Crippen molar-refractivity contribution in [2.24, 2.45) is 5.73 Å². The van der Waals surface area contributed by atoms with Crippen molar-refractivity contribution in [3.8, 4) is 0 Å². The lowest BCUT2D eigenvalue weighted by molar-refractivity contribution is -0.389. The van der Waals surface area contributed by atoms with E-state index in [1.807, 2.05) is 30.3 Å². The van der Waals surface area contributed by atoms with Crippen LogP contribution in [0.3, 0.4) is 0 Å². The van der Waals surface area contributed by atoms with Crippen molar-refractivity contribution >= 4 is 24.1 Å². The first-order valence-electron chi connectivity index (χ1n) is 8.22. The second-order valence-electron chi connectivity index (χ2n) is 6.33. The van der Waals surface area contributed by atoms with Crippen LogP contribution in [-0.4, -0.2) is 44.4 Å². The van der Waals surface area contributed by atoms with E-state index in [4.69, 9.17) is 5.73 Å². The fourth-order valence-corrected chi connectivity index (χ4v) is 3.27. The molecule has 1 aliphatic rings. The minimum Gasteiger partial charge on any atom is -0.358 e. The highest BCUT2D eigenvalue weighted by molar-refractivity contribution is 5.85. The summed E-state index contributed by atoms with van der Waals surface area (Å²) in [4.78, 5) is 28.4. The van der Waals surface area contributed by atoms with Crippen molar-refractivity contribution in [2.75, 3.05) is 13.1 Å². The number of hydrogen-bond donors (Lipinski definition) is 1. The summed E-state index contributed by atoms with van der Waals surface area (Å²) in [5.74, 6) is 0.475. The topological polar surface area (TPSA) is 107 Å². The summed E-state index contributed by atoms with van der Waals surface area (Å²) in [6.07, 6.45) is 1.63. The molecule has 2 N–H and O–H groups in total. The number of imidazole rings is 1. The van der Waals surface area contributed by atoms with Gasteiger partial charge in [-0.25, -0.2) is 0 Å². The molecule has 8 nitrogen and oxygen atoms in total. The molecule has 0 saturated carbocycles. The number of halogens is 1. The van der Waals surface area contributed by atoms with Gasteiger partial charge in [0.2, 0.25) is 11.7 Å². The fourth-order valence-electron chi connectivity index (χ4n) is 3.27. The Morgan fingerprint density at radius 2 is 2.04 bits per heavy atom. The molecular formula is C17H22ClN5O3. The zero-order valence-corrected chi connectivity index (χ0v) is 15.3. The van der Waals surface area contributed by atoms with Crippen LogP contribution in [0.15, 0.2) is 36.5 Å². The Bertz CT molecular complexity index is 780. The Hall–Kier alpha value is -2.45. The molecule has 1 fully saturated rings. The number of aromatic nitrogens is 2. The van der Waals surface area contributed by atoms with Gasteiger partial charge in [-0.3, -0.25) is 4.79 Å². The van der Waals surface area contributed by atoms with Gasteiger partial charge in [0.05, 0.1) is 0 Å². The molecule has 26 heavy (non-hydrogen) atoms. The quantitative estimate of drug-likeness (QED) is 0.630. The molecule has 2 atom stereocenters. The van der Waals surface area contributed by atoms with E-state index in [-0.39, 0.29) is 42.5 Å². The van der Waals surface area contributed by atoms with Crippen LogP contribution in [-0.2, 0) is 11.3 Å². The van der Waals surface area contributed by atoms with Crippen molar-refractivity contribution in [2.45, 2.75) is 31.8 Å². The normalized spacial score (nSPS) is 19.2. The third-order valence-electron chi connectivity index (χ3n) is 4.66. The van der Waals surface area contributed by atoms with E-state index in [2.05, 4.69) is 4.98 Å². The van der Waals surface area contributed by atoms with E-state index in [1.165, 1.54) is 6.20 Å². The number of carbonyl (C=O) groups excluding carboxylic acids is 1. The van der Waals surface area contributed by atoms with E-state index < -0.39 is 4.92 Å². The summed E-state index contributed by atoms with van der Waals surface area (Å²) in [5.41, 5.74) is 7.37. The maximum atomic E-state index is 12.5. The minimum atomic E-state index is -0.532. The van der Waals surface area contributed by atoms with Crippen LogP contribution in [0.5, 0.6) is 0 Å². The van der Waals surface area contributed by atoms with Gasteiger partial charge in [-0.15, -0.1) is 12.4 Å². The summed E-state index contributed by atoms with van der Waals surface area (Å²) in [5, 5.41) is 10.8. The van der Waals surface area contributed by atoms with Crippen LogP contribution in [0.4, 0.5) is 5.82 Å². The molecular weight excluding hydrogens is 358 g/mol. The molecule has 9 heteroatoms. The molecule has 1 amide bonds. The standard InChI is InChI=1S/C17H21N5O3.ClH/c1-12-19-16(22(24)25)11-20(12)8-7-17(23)21-9-14(15(18)10-21)13-5-3-2-4-6-13;/h2-6,11,14-15H,7-10,18H2,1H3;1H/t14-,15+;/m0./s1. The van der Waals surface area contributed by atoms with Gasteiger partial charge in [-0.2, -0.15) is 0 Å². The number of aryl methyl sites for hydroxylation is 2. The number of nitro groups is 1. The van der Waals surface area contributed by atoms with Crippen molar-refractivity contribution < 1.29 is 9.72 Å². The molecule has 1 saturated heterocycles. The predicted octanol–water partition coefficient (Wildman–Crippen LogP) is 1.86. The van der Waals surface area contributed by atoms with Gasteiger partial charge in [0.1, 0.15) is 6.20 Å². The average molecular weight is 380 g/mol. The molecule has 2 heterocycles. The lowest BCUT2D eigenvalue weighted by Crippen LogP contribution is -2.32. The number of hydrogen-bond acceptors (Lipinski definition) is 5. The molecule has 2 aromatic rings. The van der Waals surface area contributed by atoms with E-state index in [1.54, 1.807) is 16.4 Å². The zero-order valence-electron chi connectivity index (χ0n) is 14.4. The number of nitrogens with zero attached hydrogens (tertiary/aromatic N) is 4. The molecule has 1 aromatic heterocycles. The largest absolute Gasteiger partial charge is 0.381 e. The zero-order chi connectivity index (χ0) is 18.0. The van der Waals surface area contributed by atoms with Gasteiger partial charge in [0, 0.05) is 44.9 Å². The lowest BCUT2D eigenvalue weighted by Gasteiger charge is -2.16. The monoisotopic (exact) mass is 379 g/mol. The van der Waals surface area contributed by atoms with Gasteiger partial charge in [-0.1, -0.05) is 30.3 Å². The molecule has 3 rings (SSSR count). The van der Waals surface area contributed by atoms with Gasteiger partial charge < -0.3 is 25.3 Å². The van der Waals surface area contributed by atoms with Gasteiger partial charge in [0.25, 0.3) is 0 Å². The summed E-state index contributed by atoms with van der Waals surface area (Å²) >= 11 is 0. The number of nitrogens with two attached hydrogens (primary N) is 1. The first-order chi connectivity index (χ1) is 12.0. The molecule has 1 aliphatic heterocycles. The molecule has 0 bridgehead atoms. The SMILES string of the molecule is Cc1nc([N+](=O)[O-])cn1CCC(=O)N1C[C@@H](N)[C@H](c2ccccc2)C1.Cl. The lowest BCUT2D eigenvalue weighted by atomic mass is 9.95. The second-order valence-corrected chi connectivity index (χ2v) is 6.33. The average Bonchev–Trinajstić information content (AvgIpc) is 3.17. The summed E-state index contributed by atoms with van der Waals surface area (Å²) in [6.45, 7) is 3.19. The number of likely N-dealkylation sites (tertiary alicyclic amines) is 1. The second kappa shape index (κ2) is 8.29. The minimum absolute atomic E-state index is 0. The number of amides is 1. The first-order valence-corrected chi connectivity index (χ1v) is 8.22. The third kappa shape index (κ3) is 4.20. The summed E-state index contributed by atoms with van der Waals surface area (Å²) in [7, 11) is 0. The van der Waals surface area contributed by atoms with Crippen molar-refractivity contribution in [3.63, 3.8) is 0 Å². The number of rotatable bonds is 5. The number of carbonyl (C=O) groups is 1. The molecule has 0 aliphatic carbocycles. The van der Waals surface area contributed by atoms with Crippen molar-refractivity contribution in [3.05, 3.63) is 58.0 Å². The Morgan fingerprint density at radius 1 is 1.35 bits per heavy atom.